The zero-order valence-corrected chi connectivity index (χ0v) is 31.8. The van der Waals surface area contributed by atoms with Crippen LogP contribution in [-0.2, 0) is 4.79 Å². The van der Waals surface area contributed by atoms with Gasteiger partial charge in [-0.15, -0.1) is 0 Å². The molecule has 0 fully saturated rings. The van der Waals surface area contributed by atoms with Crippen molar-refractivity contribution in [2.75, 3.05) is 27.2 Å². The maximum atomic E-state index is 12.3. The van der Waals surface area contributed by atoms with E-state index in [1.807, 2.05) is 14.1 Å². The Kier molecular flexibility index (Phi) is 37.0. The molecule has 0 saturated heterocycles. The zero-order chi connectivity index (χ0) is 33.6. The molecule has 1 amide bonds. The summed E-state index contributed by atoms with van der Waals surface area (Å²) < 4.78 is 0. The van der Waals surface area contributed by atoms with E-state index in [0.29, 0.717) is 12.3 Å². The average molecular weight is 643 g/mol. The van der Waals surface area contributed by atoms with Gasteiger partial charge in [-0.1, -0.05) is 159 Å². The first kappa shape index (κ1) is 44.6. The highest BCUT2D eigenvalue weighted by molar-refractivity contribution is 5.76. The lowest BCUT2D eigenvalue weighted by Crippen LogP contribution is -2.31. The molecule has 1 N–H and O–H groups in total. The first-order valence-corrected chi connectivity index (χ1v) is 20.5. The number of unbranched alkanes of at least 4 members (excludes halogenated alkanes) is 21. The Morgan fingerprint density at radius 2 is 0.891 bits per heavy atom. The molecule has 0 aromatic rings. The van der Waals surface area contributed by atoms with Crippen molar-refractivity contribution in [2.45, 2.75) is 200 Å². The summed E-state index contributed by atoms with van der Waals surface area (Å²) in [5.74, 6) is 0.869. The quantitative estimate of drug-likeness (QED) is 0.0545. The van der Waals surface area contributed by atoms with E-state index in [1.54, 1.807) is 0 Å². The van der Waals surface area contributed by atoms with Crippen LogP contribution in [0.5, 0.6) is 0 Å². The van der Waals surface area contributed by atoms with Crippen LogP contribution in [0.3, 0.4) is 0 Å². The van der Waals surface area contributed by atoms with Crippen LogP contribution in [0.15, 0.2) is 36.5 Å². The monoisotopic (exact) mass is 643 g/mol. The predicted octanol–water partition coefficient (Wildman–Crippen LogP) is 13.3. The van der Waals surface area contributed by atoms with Gasteiger partial charge in [0.25, 0.3) is 0 Å². The number of nitrogens with one attached hydrogen (secondary N) is 1. The van der Waals surface area contributed by atoms with Crippen LogP contribution < -0.4 is 5.32 Å². The predicted molar refractivity (Wildman–Crippen MR) is 208 cm³/mol. The molecule has 3 heteroatoms. The second-order valence-corrected chi connectivity index (χ2v) is 14.3. The van der Waals surface area contributed by atoms with E-state index in [1.165, 1.54) is 173 Å². The Labute approximate surface area is 289 Å². The fourth-order valence-electron chi connectivity index (χ4n) is 6.12. The molecule has 270 valence electrons. The third-order valence-corrected chi connectivity index (χ3v) is 9.31. The first-order valence-electron chi connectivity index (χ1n) is 20.5. The van der Waals surface area contributed by atoms with E-state index < -0.39 is 0 Å². The number of rotatable bonds is 36. The highest BCUT2D eigenvalue weighted by atomic mass is 16.1. The van der Waals surface area contributed by atoms with Crippen LogP contribution in [0.25, 0.3) is 0 Å². The van der Waals surface area contributed by atoms with Gasteiger partial charge in [0, 0.05) is 19.5 Å². The van der Waals surface area contributed by atoms with Gasteiger partial charge in [-0.2, -0.15) is 0 Å². The summed E-state index contributed by atoms with van der Waals surface area (Å²) in [6, 6.07) is 0. The molecular formula is C43H82N2O. The fraction of sp³-hybridized carbons (Fsp3) is 0.837. The van der Waals surface area contributed by atoms with Gasteiger partial charge in [0.05, 0.1) is 0 Å². The van der Waals surface area contributed by atoms with Crippen molar-refractivity contribution in [1.82, 2.24) is 10.2 Å². The number of carbonyl (C=O) groups excluding carboxylic acids is 1. The smallest absolute Gasteiger partial charge is 0.221 e. The van der Waals surface area contributed by atoms with Crippen molar-refractivity contribution in [3.8, 4) is 0 Å². The molecule has 1 atom stereocenters. The molecule has 0 rings (SSSR count). The maximum absolute atomic E-state index is 12.3. The third kappa shape index (κ3) is 37.1. The summed E-state index contributed by atoms with van der Waals surface area (Å²) in [5, 5.41) is 3.27. The van der Waals surface area contributed by atoms with E-state index in [9.17, 15) is 4.79 Å². The van der Waals surface area contributed by atoms with E-state index in [2.05, 4.69) is 60.5 Å². The van der Waals surface area contributed by atoms with Gasteiger partial charge in [0.2, 0.25) is 5.91 Å². The summed E-state index contributed by atoms with van der Waals surface area (Å²) in [6.07, 6.45) is 52.1. The summed E-state index contributed by atoms with van der Waals surface area (Å²) in [5.41, 5.74) is 0. The van der Waals surface area contributed by atoms with Gasteiger partial charge in [-0.3, -0.25) is 4.79 Å². The molecule has 46 heavy (non-hydrogen) atoms. The van der Waals surface area contributed by atoms with Crippen molar-refractivity contribution in [3.05, 3.63) is 36.5 Å². The van der Waals surface area contributed by atoms with Crippen molar-refractivity contribution in [3.63, 3.8) is 0 Å². The minimum atomic E-state index is 0.221. The highest BCUT2D eigenvalue weighted by Crippen LogP contribution is 2.20. The van der Waals surface area contributed by atoms with Crippen LogP contribution in [0.1, 0.15) is 200 Å². The van der Waals surface area contributed by atoms with E-state index in [4.69, 9.17) is 0 Å². The second kappa shape index (κ2) is 38.1. The molecule has 0 spiro atoms. The van der Waals surface area contributed by atoms with Crippen molar-refractivity contribution in [1.29, 1.82) is 0 Å². The van der Waals surface area contributed by atoms with E-state index >= 15 is 0 Å². The van der Waals surface area contributed by atoms with Crippen molar-refractivity contribution < 1.29 is 4.79 Å². The van der Waals surface area contributed by atoms with Gasteiger partial charge in [0.15, 0.2) is 0 Å². The lowest BCUT2D eigenvalue weighted by atomic mass is 9.93. The zero-order valence-electron chi connectivity index (χ0n) is 31.8. The molecule has 1 unspecified atom stereocenters. The number of hydrogen-bond acceptors (Lipinski definition) is 2. The number of allylic oxidation sites excluding steroid dienone is 6. The first-order chi connectivity index (χ1) is 22.6. The molecule has 0 saturated carbocycles. The van der Waals surface area contributed by atoms with Gasteiger partial charge in [0.1, 0.15) is 0 Å². The number of hydrogen-bond donors (Lipinski definition) is 1. The molecule has 0 aliphatic rings. The fourth-order valence-corrected chi connectivity index (χ4v) is 6.12. The van der Waals surface area contributed by atoms with Gasteiger partial charge < -0.3 is 10.2 Å². The standard InChI is InChI=1S/C43H82N2O/c1-5-7-9-11-13-15-17-19-21-23-25-27-29-31-33-35-37-42(41-44-43(46)39-40-45(3)4)38-36-34-32-30-28-26-24-22-20-18-16-14-12-10-8-6-2/h13-16,19,21,42H,5-12,17-18,20,22-41H2,1-4H3,(H,44,46)/b15-13-,16-14-,21-19-. The molecule has 0 radical (unpaired) electrons. The SMILES string of the molecule is CCCCC/C=C\C/C=C\CCCCCCCCC(CCCCCCCCCCC/C=C\CCCCC)CNC(=O)CCN(C)C. The van der Waals surface area contributed by atoms with Gasteiger partial charge >= 0.3 is 0 Å². The Hall–Kier alpha value is -1.35. The topological polar surface area (TPSA) is 32.3 Å². The second-order valence-electron chi connectivity index (χ2n) is 14.3. The van der Waals surface area contributed by atoms with Crippen LogP contribution in [0, 0.1) is 5.92 Å². The van der Waals surface area contributed by atoms with Crippen molar-refractivity contribution >= 4 is 5.91 Å². The number of carbonyl (C=O) groups is 1. The molecule has 0 aromatic heterocycles. The highest BCUT2D eigenvalue weighted by Gasteiger charge is 2.11. The molecule has 0 aliphatic heterocycles. The summed E-state index contributed by atoms with van der Waals surface area (Å²) in [4.78, 5) is 14.4. The third-order valence-electron chi connectivity index (χ3n) is 9.31. The molecule has 3 nitrogen and oxygen atoms in total. The molecular weight excluding hydrogens is 560 g/mol. The van der Waals surface area contributed by atoms with Crippen molar-refractivity contribution in [2.24, 2.45) is 5.92 Å². The van der Waals surface area contributed by atoms with Crippen LogP contribution >= 0.6 is 0 Å². The maximum Gasteiger partial charge on any atom is 0.221 e. The van der Waals surface area contributed by atoms with Gasteiger partial charge in [-0.05, 0) is 90.6 Å². The molecule has 0 bridgehead atoms. The van der Waals surface area contributed by atoms with Crippen LogP contribution in [-0.4, -0.2) is 38.0 Å². The summed E-state index contributed by atoms with van der Waals surface area (Å²) in [7, 11) is 4.08. The minimum absolute atomic E-state index is 0.221. The summed E-state index contributed by atoms with van der Waals surface area (Å²) >= 11 is 0. The lowest BCUT2D eigenvalue weighted by Gasteiger charge is -2.18. The average Bonchev–Trinajstić information content (AvgIpc) is 3.05. The Balaban J connectivity index is 3.95. The van der Waals surface area contributed by atoms with E-state index in [-0.39, 0.29) is 5.91 Å². The Bertz CT molecular complexity index is 695. The number of amides is 1. The van der Waals surface area contributed by atoms with Crippen LogP contribution in [0.2, 0.25) is 0 Å². The molecule has 0 heterocycles. The number of nitrogens with zero attached hydrogens (tertiary/aromatic N) is 1. The van der Waals surface area contributed by atoms with Gasteiger partial charge in [-0.25, -0.2) is 0 Å². The Morgan fingerprint density at radius 3 is 1.30 bits per heavy atom. The normalized spacial score (nSPS) is 12.8. The molecule has 0 aliphatic carbocycles. The molecule has 0 aromatic carbocycles. The largest absolute Gasteiger partial charge is 0.356 e. The lowest BCUT2D eigenvalue weighted by molar-refractivity contribution is -0.121. The summed E-state index contributed by atoms with van der Waals surface area (Å²) in [6.45, 7) is 6.25. The van der Waals surface area contributed by atoms with E-state index in [0.717, 1.165) is 19.5 Å². The van der Waals surface area contributed by atoms with Crippen LogP contribution in [0.4, 0.5) is 0 Å². The Morgan fingerprint density at radius 1 is 0.522 bits per heavy atom. The minimum Gasteiger partial charge on any atom is -0.356 e.